The van der Waals surface area contributed by atoms with Crippen LogP contribution in [0.25, 0.3) is 0 Å². The molecule has 2 nitrogen and oxygen atoms in total. The number of halogens is 6. The Morgan fingerprint density at radius 1 is 1.38 bits per heavy atom. The lowest BCUT2D eigenvalue weighted by molar-refractivity contribution is -0.142. The van der Waals surface area contributed by atoms with Crippen LogP contribution in [0.15, 0.2) is 10.5 Å². The first-order chi connectivity index (χ1) is 7.27. The smallest absolute Gasteiger partial charge is 0.298 e. The third kappa shape index (κ3) is 2.55. The van der Waals surface area contributed by atoms with E-state index in [1.54, 1.807) is 0 Å². The van der Waals surface area contributed by atoms with Crippen LogP contribution in [0.5, 0.6) is 0 Å². The van der Waals surface area contributed by atoms with Crippen molar-refractivity contribution in [1.29, 1.82) is 0 Å². The van der Waals surface area contributed by atoms with Gasteiger partial charge in [-0.05, 0) is 22.0 Å². The molecule has 0 aliphatic carbocycles. The molecule has 0 saturated carbocycles. The lowest BCUT2D eigenvalue weighted by Crippen LogP contribution is -2.12. The number of hydrogen-bond acceptors (Lipinski definition) is 2. The van der Waals surface area contributed by atoms with Gasteiger partial charge in [0.25, 0.3) is 6.43 Å². The zero-order valence-electron chi connectivity index (χ0n) is 7.36. The third-order valence-corrected chi connectivity index (χ3v) is 2.24. The van der Waals surface area contributed by atoms with Gasteiger partial charge < -0.3 is 0 Å². The van der Waals surface area contributed by atoms with Crippen LogP contribution in [-0.2, 0) is 6.18 Å². The van der Waals surface area contributed by atoms with Gasteiger partial charge in [-0.15, -0.1) is 0 Å². The molecule has 0 bridgehead atoms. The average Bonchev–Trinajstić information content (AvgIpc) is 2.14. The molecule has 0 aliphatic rings. The molecule has 1 rings (SSSR count). The zero-order chi connectivity index (χ0) is 12.5. The van der Waals surface area contributed by atoms with Crippen molar-refractivity contribution in [3.05, 3.63) is 27.5 Å². The van der Waals surface area contributed by atoms with E-state index in [0.717, 1.165) is 0 Å². The SMILES string of the molecule is O=Cc1cc(Br)c(C(F)(F)F)nc1C(F)F. The summed E-state index contributed by atoms with van der Waals surface area (Å²) in [5.74, 6) is 0. The molecule has 16 heavy (non-hydrogen) atoms. The van der Waals surface area contributed by atoms with Gasteiger partial charge in [-0.25, -0.2) is 13.8 Å². The topological polar surface area (TPSA) is 30.0 Å². The Morgan fingerprint density at radius 3 is 2.31 bits per heavy atom. The average molecular weight is 304 g/mol. The minimum absolute atomic E-state index is 0.0272. The van der Waals surface area contributed by atoms with Crippen molar-refractivity contribution in [2.45, 2.75) is 12.6 Å². The molecule has 0 aliphatic heterocycles. The van der Waals surface area contributed by atoms with E-state index in [4.69, 9.17) is 0 Å². The van der Waals surface area contributed by atoms with Gasteiger partial charge >= 0.3 is 6.18 Å². The second kappa shape index (κ2) is 4.44. The number of alkyl halides is 5. The van der Waals surface area contributed by atoms with E-state index in [1.807, 2.05) is 0 Å². The van der Waals surface area contributed by atoms with Gasteiger partial charge in [-0.3, -0.25) is 4.79 Å². The van der Waals surface area contributed by atoms with Crippen LogP contribution in [0.1, 0.15) is 28.2 Å². The van der Waals surface area contributed by atoms with Crippen LogP contribution in [0.2, 0.25) is 0 Å². The summed E-state index contributed by atoms with van der Waals surface area (Å²) in [6, 6.07) is 0.671. The van der Waals surface area contributed by atoms with Crippen molar-refractivity contribution < 1.29 is 26.7 Å². The first-order valence-corrected chi connectivity index (χ1v) is 4.57. The van der Waals surface area contributed by atoms with Crippen LogP contribution < -0.4 is 0 Å². The van der Waals surface area contributed by atoms with Crippen molar-refractivity contribution in [2.75, 3.05) is 0 Å². The fourth-order valence-electron chi connectivity index (χ4n) is 0.985. The summed E-state index contributed by atoms with van der Waals surface area (Å²) in [5, 5.41) is 0. The maximum absolute atomic E-state index is 12.3. The fraction of sp³-hybridized carbons (Fsp3) is 0.250. The second-order valence-electron chi connectivity index (χ2n) is 2.71. The highest BCUT2D eigenvalue weighted by Crippen LogP contribution is 2.35. The van der Waals surface area contributed by atoms with E-state index in [-0.39, 0.29) is 6.29 Å². The minimum Gasteiger partial charge on any atom is -0.298 e. The lowest BCUT2D eigenvalue weighted by atomic mass is 10.2. The Kier molecular flexibility index (Phi) is 3.61. The molecule has 0 N–H and O–H groups in total. The molecule has 0 fully saturated rings. The number of hydrogen-bond donors (Lipinski definition) is 0. The number of aldehydes is 1. The van der Waals surface area contributed by atoms with Crippen molar-refractivity contribution in [2.24, 2.45) is 0 Å². The van der Waals surface area contributed by atoms with E-state index < -0.39 is 34.0 Å². The molecule has 1 aromatic heterocycles. The summed E-state index contributed by atoms with van der Waals surface area (Å²) in [5.41, 5.74) is -3.23. The molecule has 8 heteroatoms. The first kappa shape index (κ1) is 13.0. The highest BCUT2D eigenvalue weighted by Gasteiger charge is 2.36. The van der Waals surface area contributed by atoms with Crippen LogP contribution in [0, 0.1) is 0 Å². The summed E-state index contributed by atoms with van der Waals surface area (Å²) in [4.78, 5) is 13.1. The highest BCUT2D eigenvalue weighted by atomic mass is 79.9. The molecule has 1 aromatic rings. The maximum atomic E-state index is 12.3. The van der Waals surface area contributed by atoms with E-state index in [1.165, 1.54) is 0 Å². The Bertz CT molecular complexity index is 418. The van der Waals surface area contributed by atoms with Crippen molar-refractivity contribution in [1.82, 2.24) is 4.98 Å². The summed E-state index contributed by atoms with van der Waals surface area (Å²) < 4.78 is 61.0. The van der Waals surface area contributed by atoms with E-state index in [9.17, 15) is 26.7 Å². The van der Waals surface area contributed by atoms with Crippen LogP contribution in [-0.4, -0.2) is 11.3 Å². The van der Waals surface area contributed by atoms with Crippen LogP contribution >= 0.6 is 15.9 Å². The van der Waals surface area contributed by atoms with Gasteiger partial charge in [0, 0.05) is 10.0 Å². The third-order valence-electron chi connectivity index (χ3n) is 1.64. The van der Waals surface area contributed by atoms with Gasteiger partial charge in [0.15, 0.2) is 12.0 Å². The summed E-state index contributed by atoms with van der Waals surface area (Å²) in [7, 11) is 0. The molecule has 0 radical (unpaired) electrons. The standard InChI is InChI=1S/C8H3BrF5NO/c9-4-1-3(2-16)5(7(10)11)15-6(4)8(12,13)14/h1-2,7H. The molecule has 0 amide bonds. The Labute approximate surface area is 94.6 Å². The van der Waals surface area contributed by atoms with Crippen molar-refractivity contribution >= 4 is 22.2 Å². The predicted molar refractivity (Wildman–Crippen MR) is 47.3 cm³/mol. The fourth-order valence-corrected chi connectivity index (χ4v) is 1.55. The lowest BCUT2D eigenvalue weighted by Gasteiger charge is -2.11. The number of carbonyl (C=O) groups is 1. The number of nitrogens with zero attached hydrogens (tertiary/aromatic N) is 1. The summed E-state index contributed by atoms with van der Waals surface area (Å²) in [6.07, 6.45) is -8.07. The van der Waals surface area contributed by atoms with Crippen LogP contribution in [0.4, 0.5) is 22.0 Å². The maximum Gasteiger partial charge on any atom is 0.434 e. The zero-order valence-corrected chi connectivity index (χ0v) is 8.94. The normalized spacial score (nSPS) is 11.9. The Morgan fingerprint density at radius 2 is 1.94 bits per heavy atom. The van der Waals surface area contributed by atoms with Gasteiger partial charge in [0.1, 0.15) is 5.69 Å². The monoisotopic (exact) mass is 303 g/mol. The minimum atomic E-state index is -4.86. The molecule has 1 heterocycles. The predicted octanol–water partition coefficient (Wildman–Crippen LogP) is 3.61. The largest absolute Gasteiger partial charge is 0.434 e. The molecule has 0 unspecified atom stereocenters. The van der Waals surface area contributed by atoms with E-state index >= 15 is 0 Å². The Balaban J connectivity index is 3.45. The molecule has 0 spiro atoms. The second-order valence-corrected chi connectivity index (χ2v) is 3.56. The molecular formula is C8H3BrF5NO. The number of pyridine rings is 1. The van der Waals surface area contributed by atoms with Gasteiger partial charge in [-0.2, -0.15) is 13.2 Å². The van der Waals surface area contributed by atoms with Gasteiger partial charge in [0.05, 0.1) is 0 Å². The molecule has 0 aromatic carbocycles. The van der Waals surface area contributed by atoms with E-state index in [2.05, 4.69) is 20.9 Å². The number of aromatic nitrogens is 1. The molecule has 0 atom stereocenters. The number of rotatable bonds is 2. The number of carbonyl (C=O) groups excluding carboxylic acids is 1. The molecule has 88 valence electrons. The Hall–Kier alpha value is -1.05. The summed E-state index contributed by atoms with van der Waals surface area (Å²) in [6.45, 7) is 0. The molecular weight excluding hydrogens is 301 g/mol. The van der Waals surface area contributed by atoms with Crippen LogP contribution in [0.3, 0.4) is 0 Å². The highest BCUT2D eigenvalue weighted by molar-refractivity contribution is 9.10. The van der Waals surface area contributed by atoms with E-state index in [0.29, 0.717) is 6.07 Å². The van der Waals surface area contributed by atoms with Crippen molar-refractivity contribution in [3.8, 4) is 0 Å². The summed E-state index contributed by atoms with van der Waals surface area (Å²) >= 11 is 2.52. The van der Waals surface area contributed by atoms with Gasteiger partial charge in [0.2, 0.25) is 0 Å². The van der Waals surface area contributed by atoms with Crippen molar-refractivity contribution in [3.63, 3.8) is 0 Å². The molecule has 0 saturated heterocycles. The van der Waals surface area contributed by atoms with Gasteiger partial charge in [-0.1, -0.05) is 0 Å². The first-order valence-electron chi connectivity index (χ1n) is 3.78. The quantitative estimate of drug-likeness (QED) is 0.617.